The lowest BCUT2D eigenvalue weighted by atomic mass is 9.83. The molecule has 1 fully saturated rings. The molecule has 2 aromatic carbocycles. The van der Waals surface area contributed by atoms with Crippen LogP contribution in [0.5, 0.6) is 0 Å². The summed E-state index contributed by atoms with van der Waals surface area (Å²) in [6, 6.07) is 17.7. The van der Waals surface area contributed by atoms with E-state index >= 15 is 0 Å². The van der Waals surface area contributed by atoms with Crippen LogP contribution in [0.15, 0.2) is 85.2 Å². The van der Waals surface area contributed by atoms with E-state index in [4.69, 9.17) is 10.5 Å². The van der Waals surface area contributed by atoms with Gasteiger partial charge in [-0.05, 0) is 56.4 Å². The molecule has 9 heteroatoms. The summed E-state index contributed by atoms with van der Waals surface area (Å²) in [5.41, 5.74) is 8.22. The van der Waals surface area contributed by atoms with Crippen LogP contribution in [-0.4, -0.2) is 69.2 Å². The summed E-state index contributed by atoms with van der Waals surface area (Å²) >= 11 is 0. The third-order valence-corrected chi connectivity index (χ3v) is 7.83. The van der Waals surface area contributed by atoms with Gasteiger partial charge in [0.1, 0.15) is 6.04 Å². The molecule has 228 valence electrons. The van der Waals surface area contributed by atoms with E-state index in [9.17, 15) is 14.7 Å². The molecule has 4 N–H and O–H groups in total. The number of nitrogens with zero attached hydrogens (tertiary/aromatic N) is 3. The van der Waals surface area contributed by atoms with Gasteiger partial charge in [-0.3, -0.25) is 9.59 Å². The van der Waals surface area contributed by atoms with Crippen molar-refractivity contribution in [1.82, 2.24) is 20.2 Å². The zero-order valence-corrected chi connectivity index (χ0v) is 25.2. The molecule has 1 saturated heterocycles. The standard InChI is InChI=1S/C34H43N5O4/c1-24(35)32(41)38-30(25(2)43-22-26-10-5-4-6-11-26)33(42)39-19-8-14-29(39)15-16-34(3,23-40)21-27-12-7-13-28(20-27)31-36-17-9-18-37-31/h4-7,9-13,15-18,20,24-25,29-30,40H,8,14,19,21-23,35H2,1-3H3,(H,38,41)/b16-15+/t24?,25?,29?,30?,34-/m0/s1. The number of rotatable bonds is 13. The molecule has 0 saturated carbocycles. The topological polar surface area (TPSA) is 131 Å². The van der Waals surface area contributed by atoms with Crippen LogP contribution >= 0.6 is 0 Å². The molecule has 0 radical (unpaired) electrons. The van der Waals surface area contributed by atoms with Gasteiger partial charge in [-0.15, -0.1) is 0 Å². The SMILES string of the molecule is CC(N)C(=O)NC(C(=O)N1CCCC1/C=C/[C@](C)(CO)Cc1cccc(-c2ncccn2)c1)C(C)OCc1ccccc1. The van der Waals surface area contributed by atoms with Crippen molar-refractivity contribution >= 4 is 11.8 Å². The van der Waals surface area contributed by atoms with Crippen molar-refractivity contribution in [2.75, 3.05) is 13.2 Å². The number of nitrogens with two attached hydrogens (primary N) is 1. The number of carbonyl (C=O) groups is 2. The summed E-state index contributed by atoms with van der Waals surface area (Å²) < 4.78 is 6.06. The molecule has 0 aliphatic carbocycles. The summed E-state index contributed by atoms with van der Waals surface area (Å²) in [7, 11) is 0. The van der Waals surface area contributed by atoms with Gasteiger partial charge in [-0.1, -0.05) is 67.6 Å². The van der Waals surface area contributed by atoms with Crippen LogP contribution in [0.4, 0.5) is 0 Å². The van der Waals surface area contributed by atoms with Crippen LogP contribution in [0, 0.1) is 5.41 Å². The normalized spacial score (nSPS) is 18.6. The van der Waals surface area contributed by atoms with E-state index in [1.165, 1.54) is 0 Å². The van der Waals surface area contributed by atoms with Gasteiger partial charge in [0.25, 0.3) is 0 Å². The van der Waals surface area contributed by atoms with E-state index in [0.29, 0.717) is 25.4 Å². The predicted octanol–water partition coefficient (Wildman–Crippen LogP) is 3.67. The fourth-order valence-electron chi connectivity index (χ4n) is 5.25. The molecule has 1 aliphatic rings. The molecule has 2 amide bonds. The molecular formula is C34H43N5O4. The first-order valence-corrected chi connectivity index (χ1v) is 14.9. The number of likely N-dealkylation sites (tertiary alicyclic amines) is 1. The zero-order valence-electron chi connectivity index (χ0n) is 25.2. The number of hydrogen-bond donors (Lipinski definition) is 3. The number of aromatic nitrogens is 2. The Morgan fingerprint density at radius 1 is 1.12 bits per heavy atom. The minimum Gasteiger partial charge on any atom is -0.395 e. The number of ether oxygens (including phenoxy) is 1. The molecule has 5 atom stereocenters. The largest absolute Gasteiger partial charge is 0.395 e. The molecule has 0 spiro atoms. The highest BCUT2D eigenvalue weighted by molar-refractivity contribution is 5.90. The van der Waals surface area contributed by atoms with Gasteiger partial charge < -0.3 is 25.8 Å². The van der Waals surface area contributed by atoms with Gasteiger partial charge in [-0.2, -0.15) is 0 Å². The van der Waals surface area contributed by atoms with Gasteiger partial charge in [0.2, 0.25) is 11.8 Å². The predicted molar refractivity (Wildman–Crippen MR) is 167 cm³/mol. The first-order valence-electron chi connectivity index (χ1n) is 14.9. The maximum atomic E-state index is 13.9. The van der Waals surface area contributed by atoms with Gasteiger partial charge in [0.05, 0.1) is 31.4 Å². The molecule has 1 aliphatic heterocycles. The minimum absolute atomic E-state index is 0.0618. The third kappa shape index (κ3) is 8.79. The molecule has 1 aromatic heterocycles. The van der Waals surface area contributed by atoms with E-state index in [-0.39, 0.29) is 18.6 Å². The number of benzene rings is 2. The quantitative estimate of drug-likeness (QED) is 0.261. The number of hydrogen-bond acceptors (Lipinski definition) is 7. The second-order valence-electron chi connectivity index (χ2n) is 11.6. The summed E-state index contributed by atoms with van der Waals surface area (Å²) in [6.07, 6.45) is 9.11. The van der Waals surface area contributed by atoms with Gasteiger partial charge in [0.15, 0.2) is 5.82 Å². The van der Waals surface area contributed by atoms with E-state index in [1.54, 1.807) is 37.2 Å². The van der Waals surface area contributed by atoms with E-state index in [1.807, 2.05) is 73.7 Å². The van der Waals surface area contributed by atoms with E-state index in [2.05, 4.69) is 15.3 Å². The maximum absolute atomic E-state index is 13.9. The summed E-state index contributed by atoms with van der Waals surface area (Å²) in [4.78, 5) is 37.0. The molecular weight excluding hydrogens is 542 g/mol. The minimum atomic E-state index is -0.886. The van der Waals surface area contributed by atoms with Crippen LogP contribution in [0.25, 0.3) is 11.4 Å². The highest BCUT2D eigenvalue weighted by Gasteiger charge is 2.37. The fourth-order valence-corrected chi connectivity index (χ4v) is 5.25. The second kappa shape index (κ2) is 15.0. The first kappa shape index (κ1) is 32.0. The van der Waals surface area contributed by atoms with E-state index in [0.717, 1.165) is 29.5 Å². The third-order valence-electron chi connectivity index (χ3n) is 7.83. The summed E-state index contributed by atoms with van der Waals surface area (Å²) in [6.45, 7) is 6.21. The summed E-state index contributed by atoms with van der Waals surface area (Å²) in [5.74, 6) is 0.0390. The van der Waals surface area contributed by atoms with Crippen LogP contribution in [0.3, 0.4) is 0 Å². The number of amides is 2. The van der Waals surface area contributed by atoms with E-state index < -0.39 is 29.5 Å². The van der Waals surface area contributed by atoms with Gasteiger partial charge in [0, 0.05) is 29.9 Å². The average molecular weight is 586 g/mol. The molecule has 0 bridgehead atoms. The lowest BCUT2D eigenvalue weighted by Crippen LogP contribution is -2.57. The Balaban J connectivity index is 1.47. The number of nitrogens with one attached hydrogen (secondary N) is 1. The fraction of sp³-hybridized carbons (Fsp3) is 0.412. The molecule has 4 rings (SSSR count). The number of carbonyl (C=O) groups excluding carboxylic acids is 2. The van der Waals surface area contributed by atoms with Gasteiger partial charge >= 0.3 is 0 Å². The van der Waals surface area contributed by atoms with Crippen LogP contribution in [0.2, 0.25) is 0 Å². The maximum Gasteiger partial charge on any atom is 0.248 e. The van der Waals surface area contributed by atoms with Crippen molar-refractivity contribution in [3.05, 3.63) is 96.3 Å². The Labute approximate surface area is 254 Å². The zero-order chi connectivity index (χ0) is 30.8. The highest BCUT2D eigenvalue weighted by atomic mass is 16.5. The molecule has 2 heterocycles. The molecule has 43 heavy (non-hydrogen) atoms. The van der Waals surface area contributed by atoms with Crippen LogP contribution in [-0.2, 0) is 27.4 Å². The number of aliphatic hydroxyl groups is 1. The Kier molecular flexibility index (Phi) is 11.2. The smallest absolute Gasteiger partial charge is 0.248 e. The molecule has 3 aromatic rings. The molecule has 9 nitrogen and oxygen atoms in total. The Hall–Kier alpha value is -3.92. The van der Waals surface area contributed by atoms with Crippen molar-refractivity contribution < 1.29 is 19.4 Å². The first-order chi connectivity index (χ1) is 20.7. The van der Waals surface area contributed by atoms with Crippen LogP contribution in [0.1, 0.15) is 44.7 Å². The van der Waals surface area contributed by atoms with Crippen molar-refractivity contribution in [3.8, 4) is 11.4 Å². The van der Waals surface area contributed by atoms with Crippen molar-refractivity contribution in [3.63, 3.8) is 0 Å². The lowest BCUT2D eigenvalue weighted by molar-refractivity contribution is -0.141. The second-order valence-corrected chi connectivity index (χ2v) is 11.6. The van der Waals surface area contributed by atoms with Crippen molar-refractivity contribution in [1.29, 1.82) is 0 Å². The molecule has 4 unspecified atom stereocenters. The van der Waals surface area contributed by atoms with Crippen LogP contribution < -0.4 is 11.1 Å². The van der Waals surface area contributed by atoms with Gasteiger partial charge in [-0.25, -0.2) is 9.97 Å². The average Bonchev–Trinajstić information content (AvgIpc) is 3.51. The van der Waals surface area contributed by atoms with Crippen molar-refractivity contribution in [2.45, 2.75) is 70.9 Å². The Morgan fingerprint density at radius 2 is 1.84 bits per heavy atom. The van der Waals surface area contributed by atoms with Crippen molar-refractivity contribution in [2.24, 2.45) is 11.1 Å². The monoisotopic (exact) mass is 585 g/mol. The Bertz CT molecular complexity index is 1370. The number of aliphatic hydroxyl groups excluding tert-OH is 1. The Morgan fingerprint density at radius 3 is 2.53 bits per heavy atom. The lowest BCUT2D eigenvalue weighted by Gasteiger charge is -2.32. The summed E-state index contributed by atoms with van der Waals surface area (Å²) in [5, 5.41) is 13.2. The highest BCUT2D eigenvalue weighted by Crippen LogP contribution is 2.28.